The number of nitrogens with zero attached hydrogens (tertiary/aromatic N) is 1. The molecule has 0 saturated heterocycles. The van der Waals surface area contributed by atoms with Crippen molar-refractivity contribution < 1.29 is 14.3 Å². The zero-order valence-electron chi connectivity index (χ0n) is 14.7. The van der Waals surface area contributed by atoms with Crippen LogP contribution in [-0.2, 0) is 17.7 Å². The van der Waals surface area contributed by atoms with Gasteiger partial charge in [-0.3, -0.25) is 0 Å². The Balaban J connectivity index is 1.76. The van der Waals surface area contributed by atoms with Crippen molar-refractivity contribution in [3.63, 3.8) is 0 Å². The molecule has 0 fully saturated rings. The third-order valence-electron chi connectivity index (χ3n) is 4.42. The number of urea groups is 1. The smallest absolute Gasteiger partial charge is 0.322 e. The van der Waals surface area contributed by atoms with Crippen LogP contribution < -0.4 is 10.1 Å². The van der Waals surface area contributed by atoms with Gasteiger partial charge in [0.05, 0.1) is 19.2 Å². The number of fused-ring (bicyclic) bond motifs is 1. The standard InChI is InChI=1S/C20H24N2O3/c1-15-14-25-19-10-6-4-8-17(19)13-22(15)20(23)21-18-9-5-3-7-16(18)11-12-24-2/h3-10,15H,11-14H2,1-2H3,(H,21,23). The van der Waals surface area contributed by atoms with Crippen molar-refractivity contribution in [2.24, 2.45) is 0 Å². The summed E-state index contributed by atoms with van der Waals surface area (Å²) >= 11 is 0. The molecular formula is C20H24N2O3. The van der Waals surface area contributed by atoms with E-state index in [1.54, 1.807) is 7.11 Å². The van der Waals surface area contributed by atoms with Crippen LogP contribution in [0.3, 0.4) is 0 Å². The molecule has 25 heavy (non-hydrogen) atoms. The van der Waals surface area contributed by atoms with Crippen molar-refractivity contribution >= 4 is 11.7 Å². The maximum Gasteiger partial charge on any atom is 0.322 e. The molecular weight excluding hydrogens is 316 g/mol. The van der Waals surface area contributed by atoms with E-state index in [0.29, 0.717) is 19.8 Å². The molecule has 2 aromatic carbocycles. The minimum Gasteiger partial charge on any atom is -0.491 e. The molecule has 0 saturated carbocycles. The summed E-state index contributed by atoms with van der Waals surface area (Å²) in [5.41, 5.74) is 2.92. The van der Waals surface area contributed by atoms with Gasteiger partial charge >= 0.3 is 6.03 Å². The number of hydrogen-bond acceptors (Lipinski definition) is 3. The first-order chi connectivity index (χ1) is 12.2. The van der Waals surface area contributed by atoms with E-state index in [4.69, 9.17) is 9.47 Å². The van der Waals surface area contributed by atoms with Gasteiger partial charge in [-0.2, -0.15) is 0 Å². The molecule has 1 heterocycles. The second-order valence-electron chi connectivity index (χ2n) is 6.23. The van der Waals surface area contributed by atoms with Gasteiger partial charge in [0.25, 0.3) is 0 Å². The summed E-state index contributed by atoms with van der Waals surface area (Å²) in [5, 5.41) is 3.05. The van der Waals surface area contributed by atoms with E-state index in [1.807, 2.05) is 60.4 Å². The Hall–Kier alpha value is -2.53. The molecule has 0 spiro atoms. The highest BCUT2D eigenvalue weighted by Crippen LogP contribution is 2.25. The maximum atomic E-state index is 12.9. The lowest BCUT2D eigenvalue weighted by Gasteiger charge is -2.27. The molecule has 2 amide bonds. The average Bonchev–Trinajstić information content (AvgIpc) is 2.80. The Kier molecular flexibility index (Phi) is 5.56. The number of carbonyl (C=O) groups excluding carboxylic acids is 1. The summed E-state index contributed by atoms with van der Waals surface area (Å²) in [7, 11) is 1.68. The van der Waals surface area contributed by atoms with Crippen molar-refractivity contribution in [2.45, 2.75) is 25.9 Å². The third kappa shape index (κ3) is 4.12. The molecule has 0 radical (unpaired) electrons. The van der Waals surface area contributed by atoms with E-state index in [9.17, 15) is 4.79 Å². The topological polar surface area (TPSA) is 50.8 Å². The van der Waals surface area contributed by atoms with Crippen LogP contribution in [0.1, 0.15) is 18.1 Å². The van der Waals surface area contributed by atoms with Gasteiger partial charge in [0.1, 0.15) is 12.4 Å². The zero-order chi connectivity index (χ0) is 17.6. The molecule has 1 atom stereocenters. The molecule has 5 heteroatoms. The molecule has 3 rings (SSSR count). The number of para-hydroxylation sites is 2. The molecule has 5 nitrogen and oxygen atoms in total. The second-order valence-corrected chi connectivity index (χ2v) is 6.23. The van der Waals surface area contributed by atoms with E-state index in [2.05, 4.69) is 5.32 Å². The molecule has 1 aliphatic rings. The van der Waals surface area contributed by atoms with E-state index in [0.717, 1.165) is 29.0 Å². The molecule has 0 aromatic heterocycles. The number of nitrogens with one attached hydrogen (secondary N) is 1. The first-order valence-corrected chi connectivity index (χ1v) is 8.54. The normalized spacial score (nSPS) is 16.6. The number of anilines is 1. The van der Waals surface area contributed by atoms with Gasteiger partial charge in [0.15, 0.2) is 0 Å². The van der Waals surface area contributed by atoms with Crippen molar-refractivity contribution in [1.29, 1.82) is 0 Å². The third-order valence-corrected chi connectivity index (χ3v) is 4.42. The highest BCUT2D eigenvalue weighted by Gasteiger charge is 2.25. The van der Waals surface area contributed by atoms with Crippen LogP contribution in [0, 0.1) is 0 Å². The Morgan fingerprint density at radius 3 is 2.84 bits per heavy atom. The summed E-state index contributed by atoms with van der Waals surface area (Å²) in [6, 6.07) is 15.6. The second kappa shape index (κ2) is 8.03. The SMILES string of the molecule is COCCc1ccccc1NC(=O)N1Cc2ccccc2OCC1C. The number of rotatable bonds is 4. The van der Waals surface area contributed by atoms with Crippen LogP contribution in [0.2, 0.25) is 0 Å². The van der Waals surface area contributed by atoms with Gasteiger partial charge < -0.3 is 19.7 Å². The van der Waals surface area contributed by atoms with Crippen LogP contribution >= 0.6 is 0 Å². The monoisotopic (exact) mass is 340 g/mol. The molecule has 1 unspecified atom stereocenters. The summed E-state index contributed by atoms with van der Waals surface area (Å²) in [5.74, 6) is 0.852. The Bertz CT molecular complexity index is 732. The van der Waals surface area contributed by atoms with Crippen molar-refractivity contribution in [2.75, 3.05) is 25.6 Å². The minimum absolute atomic E-state index is 0.0152. The fraction of sp³-hybridized carbons (Fsp3) is 0.350. The highest BCUT2D eigenvalue weighted by atomic mass is 16.5. The van der Waals surface area contributed by atoms with Gasteiger partial charge in [-0.15, -0.1) is 0 Å². The van der Waals surface area contributed by atoms with Crippen LogP contribution in [0.25, 0.3) is 0 Å². The summed E-state index contributed by atoms with van der Waals surface area (Å²) in [4.78, 5) is 14.7. The molecule has 1 N–H and O–H groups in total. The van der Waals surface area contributed by atoms with Crippen molar-refractivity contribution in [3.05, 3.63) is 59.7 Å². The van der Waals surface area contributed by atoms with E-state index in [-0.39, 0.29) is 12.1 Å². The van der Waals surface area contributed by atoms with Crippen molar-refractivity contribution in [1.82, 2.24) is 4.90 Å². The molecule has 2 aromatic rings. The number of methoxy groups -OCH3 is 1. The molecule has 132 valence electrons. The van der Waals surface area contributed by atoms with Crippen molar-refractivity contribution in [3.8, 4) is 5.75 Å². The quantitative estimate of drug-likeness (QED) is 0.923. The predicted octanol–water partition coefficient (Wildman–Crippen LogP) is 3.69. The average molecular weight is 340 g/mol. The molecule has 0 aliphatic carbocycles. The highest BCUT2D eigenvalue weighted by molar-refractivity contribution is 5.90. The van der Waals surface area contributed by atoms with Gasteiger partial charge in [0, 0.05) is 18.4 Å². The molecule has 1 aliphatic heterocycles. The first kappa shape index (κ1) is 17.3. The maximum absolute atomic E-state index is 12.9. The number of ether oxygens (including phenoxy) is 2. The number of hydrogen-bond donors (Lipinski definition) is 1. The lowest BCUT2D eigenvalue weighted by molar-refractivity contribution is 0.168. The predicted molar refractivity (Wildman–Crippen MR) is 98.0 cm³/mol. The number of amides is 2. The lowest BCUT2D eigenvalue weighted by Crippen LogP contribution is -2.42. The van der Waals surface area contributed by atoms with Crippen LogP contribution in [-0.4, -0.2) is 37.3 Å². The van der Waals surface area contributed by atoms with Gasteiger partial charge in [-0.05, 0) is 31.0 Å². The largest absolute Gasteiger partial charge is 0.491 e. The van der Waals surface area contributed by atoms with E-state index in [1.165, 1.54) is 0 Å². The lowest BCUT2D eigenvalue weighted by atomic mass is 10.1. The first-order valence-electron chi connectivity index (χ1n) is 8.54. The zero-order valence-corrected chi connectivity index (χ0v) is 14.7. The van der Waals surface area contributed by atoms with Crippen LogP contribution in [0.5, 0.6) is 5.75 Å². The summed E-state index contributed by atoms with van der Waals surface area (Å²) in [6.45, 7) is 3.63. The van der Waals surface area contributed by atoms with Crippen LogP contribution in [0.15, 0.2) is 48.5 Å². The van der Waals surface area contributed by atoms with Gasteiger partial charge in [-0.25, -0.2) is 4.79 Å². The fourth-order valence-corrected chi connectivity index (χ4v) is 2.95. The van der Waals surface area contributed by atoms with Gasteiger partial charge in [-0.1, -0.05) is 36.4 Å². The van der Waals surface area contributed by atoms with Gasteiger partial charge in [0.2, 0.25) is 0 Å². The number of benzene rings is 2. The fourth-order valence-electron chi connectivity index (χ4n) is 2.95. The summed E-state index contributed by atoms with van der Waals surface area (Å²) < 4.78 is 11.0. The number of carbonyl (C=O) groups is 1. The van der Waals surface area contributed by atoms with Crippen LogP contribution in [0.4, 0.5) is 10.5 Å². The van der Waals surface area contributed by atoms with E-state index >= 15 is 0 Å². The Morgan fingerprint density at radius 2 is 2.00 bits per heavy atom. The summed E-state index contributed by atoms with van der Waals surface area (Å²) in [6.07, 6.45) is 0.758. The Labute approximate surface area is 148 Å². The molecule has 0 bridgehead atoms. The van der Waals surface area contributed by atoms with E-state index < -0.39 is 0 Å². The Morgan fingerprint density at radius 1 is 1.24 bits per heavy atom. The minimum atomic E-state index is -0.113.